The van der Waals surface area contributed by atoms with Gasteiger partial charge in [-0.1, -0.05) is 36.2 Å². The lowest BCUT2D eigenvalue weighted by Gasteiger charge is -2.10. The summed E-state index contributed by atoms with van der Waals surface area (Å²) >= 11 is 11.8. The van der Waals surface area contributed by atoms with E-state index >= 15 is 0 Å². The average Bonchev–Trinajstić information content (AvgIpc) is 2.48. The first-order valence-electron chi connectivity index (χ1n) is 6.66. The molecule has 0 fully saturated rings. The van der Waals surface area contributed by atoms with Crippen LogP contribution in [-0.4, -0.2) is 6.54 Å². The van der Waals surface area contributed by atoms with Crippen molar-refractivity contribution in [1.82, 2.24) is 5.32 Å². The maximum Gasteiger partial charge on any atom is 0.129 e. The van der Waals surface area contributed by atoms with Crippen LogP contribution in [0.3, 0.4) is 0 Å². The van der Waals surface area contributed by atoms with Gasteiger partial charge in [0.25, 0.3) is 0 Å². The molecule has 112 valence electrons. The second kappa shape index (κ2) is 7.64. The molecule has 0 aliphatic carbocycles. The molecule has 2 aromatic rings. The SMILES string of the molecule is CCNCc1ccc(F)c(COc2ccc(Cl)c(Cl)c2)c1. The van der Waals surface area contributed by atoms with Crippen molar-refractivity contribution >= 4 is 23.2 Å². The van der Waals surface area contributed by atoms with Crippen molar-refractivity contribution in [3.8, 4) is 5.75 Å². The smallest absolute Gasteiger partial charge is 0.129 e. The van der Waals surface area contributed by atoms with Crippen LogP contribution in [0.4, 0.5) is 4.39 Å². The van der Waals surface area contributed by atoms with Crippen molar-refractivity contribution in [2.75, 3.05) is 6.54 Å². The molecule has 5 heteroatoms. The minimum Gasteiger partial charge on any atom is -0.489 e. The van der Waals surface area contributed by atoms with E-state index in [-0.39, 0.29) is 12.4 Å². The highest BCUT2D eigenvalue weighted by Gasteiger charge is 2.06. The summed E-state index contributed by atoms with van der Waals surface area (Å²) in [7, 11) is 0. The monoisotopic (exact) mass is 327 g/mol. The Balaban J connectivity index is 2.06. The second-order valence-corrected chi connectivity index (χ2v) is 5.39. The van der Waals surface area contributed by atoms with Crippen molar-refractivity contribution < 1.29 is 9.13 Å². The van der Waals surface area contributed by atoms with Gasteiger partial charge in [-0.2, -0.15) is 0 Å². The van der Waals surface area contributed by atoms with E-state index in [0.29, 0.717) is 27.9 Å². The number of halogens is 3. The summed E-state index contributed by atoms with van der Waals surface area (Å²) in [6.07, 6.45) is 0. The van der Waals surface area contributed by atoms with Gasteiger partial charge in [-0.25, -0.2) is 4.39 Å². The van der Waals surface area contributed by atoms with Crippen LogP contribution < -0.4 is 10.1 Å². The largest absolute Gasteiger partial charge is 0.489 e. The summed E-state index contributed by atoms with van der Waals surface area (Å²) in [4.78, 5) is 0. The maximum absolute atomic E-state index is 13.8. The van der Waals surface area contributed by atoms with Crippen LogP contribution >= 0.6 is 23.2 Å². The molecule has 0 aliphatic heterocycles. The molecule has 1 N–H and O–H groups in total. The Hall–Kier alpha value is -1.29. The predicted molar refractivity (Wildman–Crippen MR) is 84.6 cm³/mol. The normalized spacial score (nSPS) is 10.7. The van der Waals surface area contributed by atoms with Crippen molar-refractivity contribution in [3.63, 3.8) is 0 Å². The predicted octanol–water partition coefficient (Wildman–Crippen LogP) is 4.82. The molecule has 2 rings (SSSR count). The first-order chi connectivity index (χ1) is 10.1. The molecule has 2 aromatic carbocycles. The van der Waals surface area contributed by atoms with Gasteiger partial charge >= 0.3 is 0 Å². The molecule has 2 nitrogen and oxygen atoms in total. The Kier molecular flexibility index (Phi) is 5.85. The number of hydrogen-bond acceptors (Lipinski definition) is 2. The highest BCUT2D eigenvalue weighted by Crippen LogP contribution is 2.27. The fourth-order valence-corrected chi connectivity index (χ4v) is 2.13. The Labute approximate surface area is 133 Å². The fraction of sp³-hybridized carbons (Fsp3) is 0.250. The summed E-state index contributed by atoms with van der Waals surface area (Å²) in [6.45, 7) is 3.74. The minimum atomic E-state index is -0.282. The Morgan fingerprint density at radius 2 is 1.90 bits per heavy atom. The average molecular weight is 328 g/mol. The third kappa shape index (κ3) is 4.60. The zero-order valence-corrected chi connectivity index (χ0v) is 13.1. The van der Waals surface area contributed by atoms with Gasteiger partial charge in [0.2, 0.25) is 0 Å². The molecule has 0 radical (unpaired) electrons. The van der Waals surface area contributed by atoms with Gasteiger partial charge in [0.15, 0.2) is 0 Å². The summed E-state index contributed by atoms with van der Waals surface area (Å²) in [5.74, 6) is 0.274. The Morgan fingerprint density at radius 3 is 2.62 bits per heavy atom. The number of rotatable bonds is 6. The van der Waals surface area contributed by atoms with E-state index < -0.39 is 0 Å². The van der Waals surface area contributed by atoms with Crippen molar-refractivity contribution in [1.29, 1.82) is 0 Å². The van der Waals surface area contributed by atoms with E-state index in [0.717, 1.165) is 12.1 Å². The van der Waals surface area contributed by atoms with Gasteiger partial charge in [0.05, 0.1) is 10.0 Å². The van der Waals surface area contributed by atoms with E-state index in [9.17, 15) is 4.39 Å². The molecule has 0 unspecified atom stereocenters. The van der Waals surface area contributed by atoms with E-state index in [1.807, 2.05) is 6.92 Å². The summed E-state index contributed by atoms with van der Waals surface area (Å²) in [5.41, 5.74) is 1.53. The van der Waals surface area contributed by atoms with Gasteiger partial charge in [-0.3, -0.25) is 0 Å². The van der Waals surface area contributed by atoms with Crippen LogP contribution in [-0.2, 0) is 13.2 Å². The molecule has 0 saturated heterocycles. The van der Waals surface area contributed by atoms with Gasteiger partial charge in [-0.15, -0.1) is 0 Å². The van der Waals surface area contributed by atoms with Crippen LogP contribution in [0.25, 0.3) is 0 Å². The Bertz CT molecular complexity index is 619. The highest BCUT2D eigenvalue weighted by molar-refractivity contribution is 6.42. The quantitative estimate of drug-likeness (QED) is 0.821. The lowest BCUT2D eigenvalue weighted by Crippen LogP contribution is -2.12. The number of hydrogen-bond donors (Lipinski definition) is 1. The van der Waals surface area contributed by atoms with Crippen molar-refractivity contribution in [3.05, 3.63) is 63.4 Å². The molecular weight excluding hydrogens is 312 g/mol. The summed E-state index contributed by atoms with van der Waals surface area (Å²) in [6, 6.07) is 9.99. The van der Waals surface area contributed by atoms with Crippen molar-refractivity contribution in [2.24, 2.45) is 0 Å². The first-order valence-corrected chi connectivity index (χ1v) is 7.41. The molecular formula is C16H16Cl2FNO. The van der Waals surface area contributed by atoms with E-state index in [1.165, 1.54) is 6.07 Å². The molecule has 0 aromatic heterocycles. The lowest BCUT2D eigenvalue weighted by atomic mass is 10.1. The van der Waals surface area contributed by atoms with E-state index in [1.54, 1.807) is 30.3 Å². The van der Waals surface area contributed by atoms with Gasteiger partial charge in [0.1, 0.15) is 18.2 Å². The van der Waals surface area contributed by atoms with Gasteiger partial charge in [-0.05, 0) is 36.4 Å². The highest BCUT2D eigenvalue weighted by atomic mass is 35.5. The fourth-order valence-electron chi connectivity index (χ4n) is 1.85. The lowest BCUT2D eigenvalue weighted by molar-refractivity contribution is 0.299. The molecule has 0 aliphatic rings. The third-order valence-corrected chi connectivity index (χ3v) is 3.71. The Morgan fingerprint density at radius 1 is 1.10 bits per heavy atom. The number of ether oxygens (including phenoxy) is 1. The van der Waals surface area contributed by atoms with Crippen molar-refractivity contribution in [2.45, 2.75) is 20.1 Å². The van der Waals surface area contributed by atoms with Crippen LogP contribution in [0.5, 0.6) is 5.75 Å². The molecule has 0 saturated carbocycles. The molecule has 0 bridgehead atoms. The standard InChI is InChI=1S/C16H16Cl2FNO/c1-2-20-9-11-3-6-16(19)12(7-11)10-21-13-4-5-14(17)15(18)8-13/h3-8,20H,2,9-10H2,1H3. The zero-order valence-electron chi connectivity index (χ0n) is 11.6. The first kappa shape index (κ1) is 16.1. The molecule has 0 heterocycles. The van der Waals surface area contributed by atoms with Gasteiger partial charge < -0.3 is 10.1 Å². The van der Waals surface area contributed by atoms with E-state index in [2.05, 4.69) is 5.32 Å². The zero-order chi connectivity index (χ0) is 15.2. The topological polar surface area (TPSA) is 21.3 Å². The second-order valence-electron chi connectivity index (χ2n) is 4.57. The van der Waals surface area contributed by atoms with Gasteiger partial charge in [0, 0.05) is 18.2 Å². The number of nitrogens with one attached hydrogen (secondary N) is 1. The molecule has 0 spiro atoms. The maximum atomic E-state index is 13.8. The van der Waals surface area contributed by atoms with Crippen LogP contribution in [0.2, 0.25) is 10.0 Å². The molecule has 0 atom stereocenters. The summed E-state index contributed by atoms with van der Waals surface area (Å²) in [5, 5.41) is 4.08. The van der Waals surface area contributed by atoms with Crippen LogP contribution in [0, 0.1) is 5.82 Å². The summed E-state index contributed by atoms with van der Waals surface area (Å²) < 4.78 is 19.4. The minimum absolute atomic E-state index is 0.143. The van der Waals surface area contributed by atoms with Crippen LogP contribution in [0.15, 0.2) is 36.4 Å². The molecule has 0 amide bonds. The third-order valence-electron chi connectivity index (χ3n) is 2.97. The van der Waals surface area contributed by atoms with Crippen LogP contribution in [0.1, 0.15) is 18.1 Å². The molecule has 21 heavy (non-hydrogen) atoms. The van der Waals surface area contributed by atoms with E-state index in [4.69, 9.17) is 27.9 Å². The number of benzene rings is 2.